The van der Waals surface area contributed by atoms with Crippen LogP contribution in [0.3, 0.4) is 0 Å². The molecule has 0 spiro atoms. The summed E-state index contributed by atoms with van der Waals surface area (Å²) in [4.78, 5) is 1.08. The first kappa shape index (κ1) is 15.3. The maximum Gasteiger partial charge on any atom is 0.240 e. The topological polar surface area (TPSA) is 72.2 Å². The highest BCUT2D eigenvalue weighted by atomic mass is 32.2. The minimum Gasteiger partial charge on any atom is -0.398 e. The van der Waals surface area contributed by atoms with Crippen LogP contribution in [0.25, 0.3) is 0 Å². The van der Waals surface area contributed by atoms with Crippen LogP contribution in [0.1, 0.15) is 20.3 Å². The van der Waals surface area contributed by atoms with Gasteiger partial charge in [0, 0.05) is 10.6 Å². The van der Waals surface area contributed by atoms with E-state index in [-0.39, 0.29) is 4.90 Å². The number of nitrogens with one attached hydrogen (secondary N) is 1. The standard InChI is InChI=1S/C12H20N2O2S2/c1-9(2)6-7-17-12-8-10(4-5-11(12)13)18(15,16)14-3/h4-5,8-9,14H,6-7,13H2,1-3H3. The summed E-state index contributed by atoms with van der Waals surface area (Å²) in [5, 5.41) is 0. The number of nitrogen functional groups attached to an aromatic ring is 1. The molecule has 6 heteroatoms. The number of nitrogens with two attached hydrogens (primary N) is 1. The smallest absolute Gasteiger partial charge is 0.240 e. The highest BCUT2D eigenvalue weighted by molar-refractivity contribution is 7.99. The van der Waals surface area contributed by atoms with Crippen LogP contribution in [0.2, 0.25) is 0 Å². The van der Waals surface area contributed by atoms with Crippen LogP contribution >= 0.6 is 11.8 Å². The quantitative estimate of drug-likeness (QED) is 0.622. The molecule has 3 N–H and O–H groups in total. The molecule has 18 heavy (non-hydrogen) atoms. The summed E-state index contributed by atoms with van der Waals surface area (Å²) in [7, 11) is -2.00. The highest BCUT2D eigenvalue weighted by Gasteiger charge is 2.13. The van der Waals surface area contributed by atoms with E-state index in [1.165, 1.54) is 13.1 Å². The van der Waals surface area contributed by atoms with Gasteiger partial charge in [-0.3, -0.25) is 0 Å². The first-order chi connectivity index (χ1) is 8.36. The Balaban J connectivity index is 2.88. The van der Waals surface area contributed by atoms with E-state index < -0.39 is 10.0 Å². The molecule has 0 atom stereocenters. The lowest BCUT2D eigenvalue weighted by Crippen LogP contribution is -2.18. The van der Waals surface area contributed by atoms with E-state index in [1.54, 1.807) is 23.9 Å². The average Bonchev–Trinajstić information content (AvgIpc) is 2.31. The molecule has 102 valence electrons. The molecule has 0 saturated carbocycles. The molecule has 0 bridgehead atoms. The maximum absolute atomic E-state index is 11.7. The minimum atomic E-state index is -3.40. The van der Waals surface area contributed by atoms with Crippen LogP contribution in [-0.2, 0) is 10.0 Å². The van der Waals surface area contributed by atoms with E-state index in [2.05, 4.69) is 18.6 Å². The van der Waals surface area contributed by atoms with Crippen molar-refractivity contribution in [1.29, 1.82) is 0 Å². The van der Waals surface area contributed by atoms with Crippen LogP contribution in [0.5, 0.6) is 0 Å². The molecule has 0 aliphatic rings. The predicted octanol–water partition coefficient (Wildman–Crippen LogP) is 2.32. The van der Waals surface area contributed by atoms with Gasteiger partial charge in [-0.2, -0.15) is 0 Å². The van der Waals surface area contributed by atoms with E-state index in [9.17, 15) is 8.42 Å². The third-order valence-corrected chi connectivity index (χ3v) is 5.03. The Morgan fingerprint density at radius 1 is 1.39 bits per heavy atom. The van der Waals surface area contributed by atoms with Gasteiger partial charge in [-0.25, -0.2) is 13.1 Å². The van der Waals surface area contributed by atoms with Gasteiger partial charge < -0.3 is 5.73 Å². The Kier molecular flexibility index (Phi) is 5.49. The average molecular weight is 288 g/mol. The van der Waals surface area contributed by atoms with Crippen molar-refractivity contribution in [3.05, 3.63) is 18.2 Å². The van der Waals surface area contributed by atoms with Crippen LogP contribution in [-0.4, -0.2) is 21.2 Å². The Labute approximate surface area is 113 Å². The molecule has 0 unspecified atom stereocenters. The van der Waals surface area contributed by atoms with Gasteiger partial charge in [0.15, 0.2) is 0 Å². The van der Waals surface area contributed by atoms with Crippen LogP contribution in [0, 0.1) is 5.92 Å². The van der Waals surface area contributed by atoms with Crippen molar-refractivity contribution in [1.82, 2.24) is 4.72 Å². The lowest BCUT2D eigenvalue weighted by molar-refractivity contribution is 0.588. The summed E-state index contributed by atoms with van der Waals surface area (Å²) >= 11 is 1.60. The second-order valence-corrected chi connectivity index (χ2v) is 7.46. The fourth-order valence-corrected chi connectivity index (χ4v) is 3.41. The lowest BCUT2D eigenvalue weighted by atomic mass is 10.2. The lowest BCUT2D eigenvalue weighted by Gasteiger charge is -2.09. The zero-order valence-electron chi connectivity index (χ0n) is 10.9. The number of anilines is 1. The van der Waals surface area contributed by atoms with Gasteiger partial charge in [0.1, 0.15) is 0 Å². The largest absolute Gasteiger partial charge is 0.398 e. The summed E-state index contributed by atoms with van der Waals surface area (Å²) in [5.74, 6) is 1.56. The van der Waals surface area contributed by atoms with Crippen molar-refractivity contribution in [2.45, 2.75) is 30.1 Å². The van der Waals surface area contributed by atoms with Crippen molar-refractivity contribution >= 4 is 27.5 Å². The van der Waals surface area contributed by atoms with Crippen LogP contribution < -0.4 is 10.5 Å². The van der Waals surface area contributed by atoms with Crippen molar-refractivity contribution in [3.8, 4) is 0 Å². The molecule has 0 heterocycles. The molecule has 4 nitrogen and oxygen atoms in total. The van der Waals surface area contributed by atoms with Gasteiger partial charge in [0.2, 0.25) is 10.0 Å². The number of rotatable bonds is 6. The summed E-state index contributed by atoms with van der Waals surface area (Å²) in [6.45, 7) is 4.32. The number of benzene rings is 1. The Bertz CT molecular complexity index is 499. The number of hydrogen-bond acceptors (Lipinski definition) is 4. The van der Waals surface area contributed by atoms with E-state index >= 15 is 0 Å². The molecule has 0 aliphatic carbocycles. The van der Waals surface area contributed by atoms with Crippen molar-refractivity contribution in [2.75, 3.05) is 18.5 Å². The van der Waals surface area contributed by atoms with E-state index in [0.717, 1.165) is 17.1 Å². The first-order valence-electron chi connectivity index (χ1n) is 5.82. The summed E-state index contributed by atoms with van der Waals surface area (Å²) in [5.41, 5.74) is 6.48. The number of thioether (sulfide) groups is 1. The Morgan fingerprint density at radius 3 is 2.61 bits per heavy atom. The molecular weight excluding hydrogens is 268 g/mol. The molecule has 1 rings (SSSR count). The van der Waals surface area contributed by atoms with Crippen LogP contribution in [0.15, 0.2) is 28.0 Å². The highest BCUT2D eigenvalue weighted by Crippen LogP contribution is 2.28. The van der Waals surface area contributed by atoms with Crippen molar-refractivity contribution in [2.24, 2.45) is 5.92 Å². The van der Waals surface area contributed by atoms with E-state index in [4.69, 9.17) is 5.73 Å². The van der Waals surface area contributed by atoms with E-state index in [1.807, 2.05) is 0 Å². The number of sulfonamides is 1. The monoisotopic (exact) mass is 288 g/mol. The Morgan fingerprint density at radius 2 is 2.06 bits per heavy atom. The third-order valence-electron chi connectivity index (χ3n) is 2.52. The van der Waals surface area contributed by atoms with Gasteiger partial charge in [-0.05, 0) is 43.3 Å². The van der Waals surface area contributed by atoms with Gasteiger partial charge in [0.05, 0.1) is 4.90 Å². The molecule has 1 aromatic rings. The molecule has 1 aromatic carbocycles. The minimum absolute atomic E-state index is 0.256. The summed E-state index contributed by atoms with van der Waals surface area (Å²) in [6, 6.07) is 4.79. The fraction of sp³-hybridized carbons (Fsp3) is 0.500. The van der Waals surface area contributed by atoms with Gasteiger partial charge in [-0.1, -0.05) is 13.8 Å². The van der Waals surface area contributed by atoms with Gasteiger partial charge in [-0.15, -0.1) is 11.8 Å². The molecular formula is C12H20N2O2S2. The van der Waals surface area contributed by atoms with Gasteiger partial charge in [0.25, 0.3) is 0 Å². The molecule has 0 amide bonds. The fourth-order valence-electron chi connectivity index (χ4n) is 1.33. The Hall–Kier alpha value is -0.720. The predicted molar refractivity (Wildman–Crippen MR) is 77.3 cm³/mol. The second-order valence-electron chi connectivity index (χ2n) is 4.44. The first-order valence-corrected chi connectivity index (χ1v) is 8.29. The van der Waals surface area contributed by atoms with E-state index in [0.29, 0.717) is 11.6 Å². The van der Waals surface area contributed by atoms with Gasteiger partial charge >= 0.3 is 0 Å². The molecule has 0 fully saturated rings. The SMILES string of the molecule is CNS(=O)(=O)c1ccc(N)c(SCCC(C)C)c1. The maximum atomic E-state index is 11.7. The summed E-state index contributed by atoms with van der Waals surface area (Å²) < 4.78 is 25.7. The van der Waals surface area contributed by atoms with Crippen molar-refractivity contribution < 1.29 is 8.42 Å². The molecule has 0 aliphatic heterocycles. The second kappa shape index (κ2) is 6.45. The zero-order chi connectivity index (χ0) is 13.8. The number of hydrogen-bond donors (Lipinski definition) is 2. The molecule has 0 radical (unpaired) electrons. The van der Waals surface area contributed by atoms with Crippen LogP contribution in [0.4, 0.5) is 5.69 Å². The molecule has 0 aromatic heterocycles. The normalized spacial score (nSPS) is 12.0. The molecule has 0 saturated heterocycles. The third kappa shape index (κ3) is 4.19. The van der Waals surface area contributed by atoms with Crippen molar-refractivity contribution in [3.63, 3.8) is 0 Å². The summed E-state index contributed by atoms with van der Waals surface area (Å²) in [6.07, 6.45) is 1.08. The zero-order valence-corrected chi connectivity index (χ0v) is 12.6.